The van der Waals surface area contributed by atoms with Crippen molar-refractivity contribution in [3.8, 4) is 0 Å². The Labute approximate surface area is 165 Å². The van der Waals surface area contributed by atoms with Crippen LogP contribution in [0.15, 0.2) is 42.7 Å². The molecule has 2 aromatic rings. The highest BCUT2D eigenvalue weighted by Crippen LogP contribution is 2.34. The molecular weight excluding hydrogens is 354 g/mol. The monoisotopic (exact) mass is 381 g/mol. The van der Waals surface area contributed by atoms with Gasteiger partial charge in [-0.25, -0.2) is 9.97 Å². The Bertz CT molecular complexity index is 801. The van der Waals surface area contributed by atoms with E-state index in [-0.39, 0.29) is 5.91 Å². The molecule has 3 atom stereocenters. The van der Waals surface area contributed by atoms with Gasteiger partial charge in [0.25, 0.3) is 0 Å². The number of carbonyl (C=O) groups excluding carboxylic acids is 1. The third-order valence-corrected chi connectivity index (χ3v) is 5.72. The lowest BCUT2D eigenvalue weighted by Crippen LogP contribution is -2.55. The van der Waals surface area contributed by atoms with Gasteiger partial charge in [0.1, 0.15) is 18.0 Å². The summed E-state index contributed by atoms with van der Waals surface area (Å²) >= 11 is 0. The molecule has 28 heavy (non-hydrogen) atoms. The van der Waals surface area contributed by atoms with E-state index in [1.54, 1.807) is 6.33 Å². The predicted octanol–water partition coefficient (Wildman–Crippen LogP) is 2.21. The standard InChI is InChI=1S/C21H27N5O2/c1-2-21(28)25-12-16-8-9-17(13-25)26(16)20-10-19(23-14-24-20)22-11-18(27)15-6-4-3-5-7-15/h3-7,10,14,16-18,27H,2,8-9,11-13H2,1H3,(H,22,23,24). The van der Waals surface area contributed by atoms with Gasteiger partial charge in [-0.2, -0.15) is 0 Å². The fourth-order valence-electron chi connectivity index (χ4n) is 4.28. The van der Waals surface area contributed by atoms with E-state index in [4.69, 9.17) is 0 Å². The smallest absolute Gasteiger partial charge is 0.222 e. The van der Waals surface area contributed by atoms with E-state index in [9.17, 15) is 9.90 Å². The lowest BCUT2D eigenvalue weighted by atomic mass is 10.1. The molecule has 7 heteroatoms. The number of likely N-dealkylation sites (tertiary alicyclic amines) is 1. The van der Waals surface area contributed by atoms with Crippen molar-refractivity contribution in [3.63, 3.8) is 0 Å². The van der Waals surface area contributed by atoms with Gasteiger partial charge in [-0.3, -0.25) is 4.79 Å². The summed E-state index contributed by atoms with van der Waals surface area (Å²) in [6, 6.07) is 12.2. The summed E-state index contributed by atoms with van der Waals surface area (Å²) in [4.78, 5) is 25.2. The van der Waals surface area contributed by atoms with Crippen molar-refractivity contribution in [2.24, 2.45) is 0 Å². The second kappa shape index (κ2) is 8.14. The van der Waals surface area contributed by atoms with E-state index in [0.29, 0.717) is 30.9 Å². The molecule has 3 heterocycles. The number of rotatable bonds is 6. The van der Waals surface area contributed by atoms with Crippen molar-refractivity contribution >= 4 is 17.5 Å². The Balaban J connectivity index is 1.42. The minimum atomic E-state index is -0.598. The third kappa shape index (κ3) is 3.80. The van der Waals surface area contributed by atoms with Gasteiger partial charge in [-0.05, 0) is 18.4 Å². The zero-order valence-corrected chi connectivity index (χ0v) is 16.2. The summed E-state index contributed by atoms with van der Waals surface area (Å²) < 4.78 is 0. The largest absolute Gasteiger partial charge is 0.387 e. The fraction of sp³-hybridized carbons (Fsp3) is 0.476. The van der Waals surface area contributed by atoms with Crippen LogP contribution >= 0.6 is 0 Å². The maximum atomic E-state index is 12.1. The highest BCUT2D eigenvalue weighted by molar-refractivity contribution is 5.76. The van der Waals surface area contributed by atoms with Crippen LogP contribution in [-0.4, -0.2) is 57.6 Å². The Morgan fingerprint density at radius 3 is 2.61 bits per heavy atom. The molecule has 2 saturated heterocycles. The summed E-state index contributed by atoms with van der Waals surface area (Å²) in [5.41, 5.74) is 0.874. The molecule has 0 aliphatic carbocycles. The molecule has 3 unspecified atom stereocenters. The van der Waals surface area contributed by atoms with Crippen LogP contribution in [0.2, 0.25) is 0 Å². The Kier molecular flexibility index (Phi) is 5.43. The van der Waals surface area contributed by atoms with E-state index in [1.807, 2.05) is 48.2 Å². The number of carbonyl (C=O) groups is 1. The first-order chi connectivity index (χ1) is 13.7. The van der Waals surface area contributed by atoms with Crippen LogP contribution in [0.3, 0.4) is 0 Å². The van der Waals surface area contributed by atoms with E-state index < -0.39 is 6.10 Å². The minimum Gasteiger partial charge on any atom is -0.387 e. The zero-order valence-electron chi connectivity index (χ0n) is 16.2. The van der Waals surface area contributed by atoms with E-state index in [0.717, 1.165) is 37.3 Å². The predicted molar refractivity (Wildman–Crippen MR) is 108 cm³/mol. The second-order valence-electron chi connectivity index (χ2n) is 7.51. The fourth-order valence-corrected chi connectivity index (χ4v) is 4.28. The number of benzene rings is 1. The first-order valence-corrected chi connectivity index (χ1v) is 10.0. The maximum Gasteiger partial charge on any atom is 0.222 e. The van der Waals surface area contributed by atoms with Gasteiger partial charge in [-0.1, -0.05) is 37.3 Å². The topological polar surface area (TPSA) is 81.6 Å². The molecule has 4 rings (SSSR count). The number of aliphatic hydroxyl groups excluding tert-OH is 1. The quantitative estimate of drug-likeness (QED) is 0.798. The van der Waals surface area contributed by atoms with Crippen LogP contribution in [0.4, 0.5) is 11.6 Å². The number of piperazine rings is 1. The number of hydrogen-bond acceptors (Lipinski definition) is 6. The molecule has 148 valence electrons. The van der Waals surface area contributed by atoms with Crippen LogP contribution in [0, 0.1) is 0 Å². The lowest BCUT2D eigenvalue weighted by molar-refractivity contribution is -0.131. The van der Waals surface area contributed by atoms with Gasteiger partial charge >= 0.3 is 0 Å². The summed E-state index contributed by atoms with van der Waals surface area (Å²) in [7, 11) is 0. The number of anilines is 2. The first kappa shape index (κ1) is 18.7. The van der Waals surface area contributed by atoms with Crippen LogP contribution < -0.4 is 10.2 Å². The van der Waals surface area contributed by atoms with Crippen molar-refractivity contribution in [3.05, 3.63) is 48.3 Å². The molecule has 0 saturated carbocycles. The van der Waals surface area contributed by atoms with Crippen molar-refractivity contribution in [2.75, 3.05) is 29.9 Å². The molecule has 0 spiro atoms. The zero-order chi connectivity index (χ0) is 19.5. The molecule has 2 aliphatic rings. The minimum absolute atomic E-state index is 0.233. The number of nitrogens with one attached hydrogen (secondary N) is 1. The van der Waals surface area contributed by atoms with E-state index >= 15 is 0 Å². The van der Waals surface area contributed by atoms with Gasteiger partial charge in [0.15, 0.2) is 0 Å². The van der Waals surface area contributed by atoms with Crippen LogP contribution in [0.1, 0.15) is 37.9 Å². The molecule has 2 bridgehead atoms. The molecule has 0 radical (unpaired) electrons. The van der Waals surface area contributed by atoms with Crippen LogP contribution in [0.25, 0.3) is 0 Å². The molecule has 1 amide bonds. The number of hydrogen-bond donors (Lipinski definition) is 2. The average molecular weight is 381 g/mol. The summed E-state index contributed by atoms with van der Waals surface area (Å²) in [5.74, 6) is 1.82. The third-order valence-electron chi connectivity index (χ3n) is 5.72. The summed E-state index contributed by atoms with van der Waals surface area (Å²) in [5, 5.41) is 13.6. The van der Waals surface area contributed by atoms with E-state index in [2.05, 4.69) is 20.2 Å². The van der Waals surface area contributed by atoms with E-state index in [1.165, 1.54) is 0 Å². The Morgan fingerprint density at radius 2 is 1.93 bits per heavy atom. The van der Waals surface area contributed by atoms with Crippen molar-refractivity contribution < 1.29 is 9.90 Å². The normalized spacial score (nSPS) is 22.2. The van der Waals surface area contributed by atoms with Gasteiger partial charge < -0.3 is 20.2 Å². The molecule has 2 aliphatic heterocycles. The molecule has 2 fully saturated rings. The maximum absolute atomic E-state index is 12.1. The Morgan fingerprint density at radius 1 is 1.21 bits per heavy atom. The molecule has 7 nitrogen and oxygen atoms in total. The highest BCUT2D eigenvalue weighted by atomic mass is 16.3. The van der Waals surface area contributed by atoms with Gasteiger partial charge in [0.2, 0.25) is 5.91 Å². The van der Waals surface area contributed by atoms with Gasteiger partial charge in [0.05, 0.1) is 6.10 Å². The summed E-state index contributed by atoms with van der Waals surface area (Å²) in [6.45, 7) is 3.83. The van der Waals surface area contributed by atoms with Gasteiger partial charge in [-0.15, -0.1) is 0 Å². The van der Waals surface area contributed by atoms with Crippen LogP contribution in [-0.2, 0) is 4.79 Å². The molecule has 1 aromatic heterocycles. The number of fused-ring (bicyclic) bond motifs is 2. The highest BCUT2D eigenvalue weighted by Gasteiger charge is 2.41. The Hall–Kier alpha value is -2.67. The van der Waals surface area contributed by atoms with Gasteiger partial charge in [0, 0.05) is 44.2 Å². The average Bonchev–Trinajstić information content (AvgIpc) is 3.01. The van der Waals surface area contributed by atoms with Crippen molar-refractivity contribution in [1.29, 1.82) is 0 Å². The van der Waals surface area contributed by atoms with Crippen molar-refractivity contribution in [2.45, 2.75) is 44.4 Å². The summed E-state index contributed by atoms with van der Waals surface area (Å²) in [6.07, 6.45) is 3.69. The number of aromatic nitrogens is 2. The number of aliphatic hydroxyl groups is 1. The lowest BCUT2D eigenvalue weighted by Gasteiger charge is -2.41. The number of nitrogens with zero attached hydrogens (tertiary/aromatic N) is 4. The first-order valence-electron chi connectivity index (χ1n) is 10.0. The SMILES string of the molecule is CCC(=O)N1CC2CCC(C1)N2c1cc(NCC(O)c2ccccc2)ncn1. The molecular formula is C21H27N5O2. The molecule has 2 N–H and O–H groups in total. The van der Waals surface area contributed by atoms with Crippen LogP contribution in [0.5, 0.6) is 0 Å². The molecule has 1 aromatic carbocycles. The number of amides is 1. The van der Waals surface area contributed by atoms with Crippen molar-refractivity contribution in [1.82, 2.24) is 14.9 Å². The second-order valence-corrected chi connectivity index (χ2v) is 7.51.